The molecule has 0 saturated carbocycles. The molecule has 1 fully saturated rings. The van der Waals surface area contributed by atoms with Crippen LogP contribution in [0.1, 0.15) is 54.4 Å². The van der Waals surface area contributed by atoms with Crippen LogP contribution in [-0.2, 0) is 9.16 Å². The molecule has 1 heterocycles. The Hall–Kier alpha value is -0.853. The van der Waals surface area contributed by atoms with Gasteiger partial charge >= 0.3 is 6.09 Å². The number of rotatable bonds is 6. The first-order valence-corrected chi connectivity index (χ1v) is 12.5. The maximum absolute atomic E-state index is 12.8. The smallest absolute Gasteiger partial charge is 0.410 e. The summed E-state index contributed by atoms with van der Waals surface area (Å²) in [7, 11) is -1.93. The fourth-order valence-electron chi connectivity index (χ4n) is 3.06. The van der Waals surface area contributed by atoms with E-state index in [4.69, 9.17) is 9.16 Å². The summed E-state index contributed by atoms with van der Waals surface area (Å²) >= 11 is 0. The van der Waals surface area contributed by atoms with Gasteiger partial charge < -0.3 is 19.2 Å². The van der Waals surface area contributed by atoms with E-state index in [9.17, 15) is 9.90 Å². The fourth-order valence-corrected chi connectivity index (χ4v) is 4.42. The lowest BCUT2D eigenvalue weighted by molar-refractivity contribution is 0.0173. The fraction of sp³-hybridized carbons (Fsp3) is 0.850. The molecule has 5 nitrogen and oxygen atoms in total. The third-order valence-corrected chi connectivity index (χ3v) is 9.99. The molecule has 1 N–H and O–H groups in total. The van der Waals surface area contributed by atoms with Gasteiger partial charge in [0.15, 0.2) is 8.32 Å². The van der Waals surface area contributed by atoms with Crippen LogP contribution in [0.4, 0.5) is 4.79 Å². The molecule has 0 bridgehead atoms. The molecular weight excluding hydrogens is 346 g/mol. The van der Waals surface area contributed by atoms with Crippen LogP contribution in [0.15, 0.2) is 12.7 Å². The van der Waals surface area contributed by atoms with Gasteiger partial charge in [-0.3, -0.25) is 0 Å². The summed E-state index contributed by atoms with van der Waals surface area (Å²) in [5, 5.41) is 9.51. The molecule has 1 saturated heterocycles. The van der Waals surface area contributed by atoms with E-state index in [0.29, 0.717) is 13.0 Å². The van der Waals surface area contributed by atoms with Gasteiger partial charge in [-0.25, -0.2) is 4.79 Å². The largest absolute Gasteiger partial charge is 0.444 e. The maximum Gasteiger partial charge on any atom is 0.410 e. The molecule has 0 radical (unpaired) electrons. The summed E-state index contributed by atoms with van der Waals surface area (Å²) in [5.41, 5.74) is -0.541. The van der Waals surface area contributed by atoms with Crippen LogP contribution in [0.2, 0.25) is 18.1 Å². The number of likely N-dealkylation sites (tertiary alicyclic amines) is 1. The Balaban J connectivity index is 3.01. The second-order valence-electron chi connectivity index (χ2n) is 9.85. The van der Waals surface area contributed by atoms with Gasteiger partial charge in [0.05, 0.1) is 6.10 Å². The average molecular weight is 386 g/mol. The molecule has 0 aliphatic carbocycles. The first kappa shape index (κ1) is 23.2. The molecule has 3 atom stereocenters. The predicted molar refractivity (Wildman–Crippen MR) is 109 cm³/mol. The lowest BCUT2D eigenvalue weighted by atomic mass is 9.94. The summed E-state index contributed by atoms with van der Waals surface area (Å²) in [6.45, 7) is 21.3. The Labute approximate surface area is 160 Å². The van der Waals surface area contributed by atoms with Crippen molar-refractivity contribution in [1.82, 2.24) is 4.90 Å². The van der Waals surface area contributed by atoms with Gasteiger partial charge in [0.2, 0.25) is 0 Å². The molecule has 1 aliphatic rings. The minimum absolute atomic E-state index is 0.00504. The molecule has 152 valence electrons. The van der Waals surface area contributed by atoms with Crippen LogP contribution in [0, 0.1) is 5.92 Å². The Kier molecular flexibility index (Phi) is 7.53. The number of hydrogen-bond acceptors (Lipinski definition) is 4. The van der Waals surface area contributed by atoms with Crippen molar-refractivity contribution in [2.24, 2.45) is 5.92 Å². The SMILES string of the molecule is C=CC(CCO)[C@@H]1C[C@@H](O[Si](C)(C)C(C)(C)C)CN1C(=O)OC(C)(C)C. The van der Waals surface area contributed by atoms with E-state index in [1.807, 2.05) is 26.8 Å². The molecule has 1 amide bonds. The van der Waals surface area contributed by atoms with E-state index in [2.05, 4.69) is 40.4 Å². The summed E-state index contributed by atoms with van der Waals surface area (Å²) < 4.78 is 12.2. The monoisotopic (exact) mass is 385 g/mol. The zero-order valence-electron chi connectivity index (χ0n) is 18.0. The van der Waals surface area contributed by atoms with E-state index in [1.165, 1.54) is 0 Å². The van der Waals surface area contributed by atoms with Gasteiger partial charge in [-0.15, -0.1) is 6.58 Å². The number of amides is 1. The Morgan fingerprint density at radius 3 is 2.31 bits per heavy atom. The van der Waals surface area contributed by atoms with Gasteiger partial charge in [0.1, 0.15) is 5.60 Å². The minimum atomic E-state index is -1.93. The highest BCUT2D eigenvalue weighted by molar-refractivity contribution is 6.74. The summed E-state index contributed by atoms with van der Waals surface area (Å²) in [6, 6.07) is -0.0516. The highest BCUT2D eigenvalue weighted by Crippen LogP contribution is 2.40. The van der Waals surface area contributed by atoms with Gasteiger partial charge in [0.25, 0.3) is 0 Å². The quantitative estimate of drug-likeness (QED) is 0.537. The van der Waals surface area contributed by atoms with Crippen molar-refractivity contribution in [3.8, 4) is 0 Å². The molecule has 1 unspecified atom stereocenters. The van der Waals surface area contributed by atoms with E-state index in [-0.39, 0.29) is 35.8 Å². The summed E-state index contributed by atoms with van der Waals surface area (Å²) in [4.78, 5) is 14.5. The van der Waals surface area contributed by atoms with Crippen molar-refractivity contribution in [3.05, 3.63) is 12.7 Å². The standard InChI is InChI=1S/C20H39NO4Si/c1-10-15(11-12-22)17-13-16(25-26(8,9)20(5,6)7)14-21(17)18(23)24-19(2,3)4/h10,15-17,22H,1,11-14H2,2-9H3/t15?,16-,17+/m1/s1. The number of carbonyl (C=O) groups is 1. The molecule has 0 aromatic carbocycles. The number of hydrogen-bond donors (Lipinski definition) is 1. The van der Waals surface area contributed by atoms with E-state index < -0.39 is 13.9 Å². The summed E-state index contributed by atoms with van der Waals surface area (Å²) in [5.74, 6) is 0.0283. The number of aliphatic hydroxyl groups is 1. The van der Waals surface area contributed by atoms with Crippen LogP contribution in [-0.4, -0.2) is 55.3 Å². The zero-order chi connectivity index (χ0) is 20.3. The second kappa shape index (κ2) is 8.44. The van der Waals surface area contributed by atoms with Crippen LogP contribution in [0.25, 0.3) is 0 Å². The molecule has 6 heteroatoms. The van der Waals surface area contributed by atoms with E-state index in [0.717, 1.165) is 6.42 Å². The topological polar surface area (TPSA) is 59.0 Å². The normalized spacial score (nSPS) is 23.0. The number of aliphatic hydroxyl groups excluding tert-OH is 1. The lowest BCUT2D eigenvalue weighted by Gasteiger charge is -2.38. The van der Waals surface area contributed by atoms with Crippen LogP contribution in [0.3, 0.4) is 0 Å². The van der Waals surface area contributed by atoms with Crippen molar-refractivity contribution in [1.29, 1.82) is 0 Å². The van der Waals surface area contributed by atoms with E-state index >= 15 is 0 Å². The van der Waals surface area contributed by atoms with Gasteiger partial charge in [-0.05, 0) is 57.7 Å². The maximum atomic E-state index is 12.8. The van der Waals surface area contributed by atoms with Crippen molar-refractivity contribution >= 4 is 14.4 Å². The molecule has 0 aromatic heterocycles. The highest BCUT2D eigenvalue weighted by atomic mass is 28.4. The molecule has 26 heavy (non-hydrogen) atoms. The van der Waals surface area contributed by atoms with Gasteiger partial charge in [0, 0.05) is 19.2 Å². The third kappa shape index (κ3) is 6.10. The lowest BCUT2D eigenvalue weighted by Crippen LogP contribution is -2.45. The Bertz CT molecular complexity index is 493. The van der Waals surface area contributed by atoms with Crippen molar-refractivity contribution in [3.63, 3.8) is 0 Å². The second-order valence-corrected chi connectivity index (χ2v) is 14.6. The molecular formula is C20H39NO4Si. The molecule has 0 aromatic rings. The van der Waals surface area contributed by atoms with Crippen molar-refractivity contribution in [2.75, 3.05) is 13.2 Å². The van der Waals surface area contributed by atoms with Crippen molar-refractivity contribution in [2.45, 2.75) is 90.3 Å². The average Bonchev–Trinajstić information content (AvgIpc) is 2.84. The predicted octanol–water partition coefficient (Wildman–Crippen LogP) is 4.57. The van der Waals surface area contributed by atoms with Crippen molar-refractivity contribution < 1.29 is 19.1 Å². The highest BCUT2D eigenvalue weighted by Gasteiger charge is 2.45. The van der Waals surface area contributed by atoms with Crippen LogP contribution in [0.5, 0.6) is 0 Å². The number of nitrogens with zero attached hydrogens (tertiary/aromatic N) is 1. The minimum Gasteiger partial charge on any atom is -0.444 e. The Morgan fingerprint density at radius 2 is 1.88 bits per heavy atom. The first-order chi connectivity index (χ1) is 11.7. The molecule has 1 rings (SSSR count). The molecule has 1 aliphatic heterocycles. The van der Waals surface area contributed by atoms with E-state index in [1.54, 1.807) is 4.90 Å². The molecule has 0 spiro atoms. The van der Waals surface area contributed by atoms with Gasteiger partial charge in [-0.2, -0.15) is 0 Å². The van der Waals surface area contributed by atoms with Crippen LogP contribution < -0.4 is 0 Å². The zero-order valence-corrected chi connectivity index (χ0v) is 19.0. The number of carbonyl (C=O) groups excluding carboxylic acids is 1. The van der Waals surface area contributed by atoms with Crippen LogP contribution >= 0.6 is 0 Å². The summed E-state index contributed by atoms with van der Waals surface area (Å²) in [6.07, 6.45) is 2.86. The third-order valence-electron chi connectivity index (χ3n) is 5.46. The first-order valence-electron chi connectivity index (χ1n) is 9.62. The number of ether oxygens (including phenoxy) is 1. The van der Waals surface area contributed by atoms with Gasteiger partial charge in [-0.1, -0.05) is 26.8 Å². The Morgan fingerprint density at radius 1 is 1.31 bits per heavy atom.